The van der Waals surface area contributed by atoms with Gasteiger partial charge in [-0.2, -0.15) is 5.10 Å². The van der Waals surface area contributed by atoms with Gasteiger partial charge < -0.3 is 10.1 Å². The van der Waals surface area contributed by atoms with Gasteiger partial charge in [0.2, 0.25) is 0 Å². The van der Waals surface area contributed by atoms with Gasteiger partial charge in [-0.15, -0.1) is 0 Å². The highest BCUT2D eigenvalue weighted by Gasteiger charge is 2.10. The van der Waals surface area contributed by atoms with Crippen molar-refractivity contribution in [3.8, 4) is 0 Å². The predicted octanol–water partition coefficient (Wildman–Crippen LogP) is 1.30. The van der Waals surface area contributed by atoms with E-state index in [0.29, 0.717) is 6.61 Å². The van der Waals surface area contributed by atoms with Crippen LogP contribution in [0.2, 0.25) is 0 Å². The lowest BCUT2D eigenvalue weighted by molar-refractivity contribution is 0.182. The molecule has 0 atom stereocenters. The molecular weight excluding hydrogens is 202 g/mol. The first-order valence-corrected chi connectivity index (χ1v) is 5.93. The van der Waals surface area contributed by atoms with Crippen molar-refractivity contribution in [2.24, 2.45) is 0 Å². The average Bonchev–Trinajstić information content (AvgIpc) is 2.54. The van der Waals surface area contributed by atoms with Crippen molar-refractivity contribution >= 4 is 0 Å². The number of nitrogens with zero attached hydrogens (tertiary/aromatic N) is 2. The molecule has 4 heteroatoms. The molecule has 1 N–H and O–H groups in total. The summed E-state index contributed by atoms with van der Waals surface area (Å²) in [6.45, 7) is 9.94. The monoisotopic (exact) mass is 225 g/mol. The van der Waals surface area contributed by atoms with Gasteiger partial charge in [0, 0.05) is 12.8 Å². The largest absolute Gasteiger partial charge is 0.383 e. The summed E-state index contributed by atoms with van der Waals surface area (Å²) >= 11 is 0. The maximum absolute atomic E-state index is 5.08. The number of aromatic nitrogens is 2. The second kappa shape index (κ2) is 6.66. The van der Waals surface area contributed by atoms with Gasteiger partial charge in [0.1, 0.15) is 0 Å². The first-order valence-electron chi connectivity index (χ1n) is 5.93. The van der Waals surface area contributed by atoms with Gasteiger partial charge in [-0.1, -0.05) is 6.92 Å². The second-order valence-electron chi connectivity index (χ2n) is 3.97. The van der Waals surface area contributed by atoms with Crippen LogP contribution in [0.5, 0.6) is 0 Å². The third-order valence-corrected chi connectivity index (χ3v) is 2.84. The molecule has 0 aliphatic rings. The Bertz CT molecular complexity index is 320. The van der Waals surface area contributed by atoms with Crippen molar-refractivity contribution in [3.63, 3.8) is 0 Å². The highest BCUT2D eigenvalue weighted by Crippen LogP contribution is 2.13. The van der Waals surface area contributed by atoms with Crippen molar-refractivity contribution in [2.75, 3.05) is 26.8 Å². The summed E-state index contributed by atoms with van der Waals surface area (Å²) in [7, 11) is 1.72. The fraction of sp³-hybridized carbons (Fsp3) is 0.750. The van der Waals surface area contributed by atoms with Crippen LogP contribution in [0.25, 0.3) is 0 Å². The summed E-state index contributed by atoms with van der Waals surface area (Å²) in [4.78, 5) is 0. The number of likely N-dealkylation sites (N-methyl/N-ethyl adjacent to an activating group) is 1. The maximum atomic E-state index is 5.08. The standard InChI is InChI=1S/C12H23N3O/c1-5-13-7-6-12-10(2)14-15(11(12)3)8-9-16-4/h13H,5-9H2,1-4H3. The van der Waals surface area contributed by atoms with Crippen LogP contribution >= 0.6 is 0 Å². The molecule has 0 saturated heterocycles. The topological polar surface area (TPSA) is 39.1 Å². The van der Waals surface area contributed by atoms with E-state index in [-0.39, 0.29) is 0 Å². The zero-order valence-corrected chi connectivity index (χ0v) is 10.8. The van der Waals surface area contributed by atoms with Crippen molar-refractivity contribution < 1.29 is 4.74 Å². The number of rotatable bonds is 7. The lowest BCUT2D eigenvalue weighted by Crippen LogP contribution is -2.16. The molecule has 0 aliphatic heterocycles. The van der Waals surface area contributed by atoms with Gasteiger partial charge in [-0.05, 0) is 38.9 Å². The highest BCUT2D eigenvalue weighted by atomic mass is 16.5. The molecule has 0 aromatic carbocycles. The quantitative estimate of drug-likeness (QED) is 0.711. The Morgan fingerprint density at radius 2 is 2.12 bits per heavy atom. The van der Waals surface area contributed by atoms with Crippen molar-refractivity contribution in [1.82, 2.24) is 15.1 Å². The summed E-state index contributed by atoms with van der Waals surface area (Å²) < 4.78 is 7.12. The van der Waals surface area contributed by atoms with Gasteiger partial charge in [-0.25, -0.2) is 0 Å². The number of hydrogen-bond acceptors (Lipinski definition) is 3. The molecule has 1 heterocycles. The molecule has 0 fully saturated rings. The van der Waals surface area contributed by atoms with E-state index in [9.17, 15) is 0 Å². The average molecular weight is 225 g/mol. The molecule has 1 aromatic rings. The second-order valence-corrected chi connectivity index (χ2v) is 3.97. The summed E-state index contributed by atoms with van der Waals surface area (Å²) in [5, 5.41) is 7.88. The van der Waals surface area contributed by atoms with Crippen LogP contribution in [0, 0.1) is 13.8 Å². The van der Waals surface area contributed by atoms with E-state index in [1.165, 1.54) is 11.3 Å². The molecule has 1 aromatic heterocycles. The van der Waals surface area contributed by atoms with Crippen LogP contribution in [0.3, 0.4) is 0 Å². The van der Waals surface area contributed by atoms with Gasteiger partial charge in [0.25, 0.3) is 0 Å². The third kappa shape index (κ3) is 3.32. The van der Waals surface area contributed by atoms with Crippen molar-refractivity contribution in [3.05, 3.63) is 17.0 Å². The molecule has 0 bridgehead atoms. The molecule has 1 rings (SSSR count). The van der Waals surface area contributed by atoms with Gasteiger partial charge in [0.15, 0.2) is 0 Å². The molecule has 0 amide bonds. The lowest BCUT2D eigenvalue weighted by atomic mass is 10.1. The minimum Gasteiger partial charge on any atom is -0.383 e. The van der Waals surface area contributed by atoms with E-state index >= 15 is 0 Å². The zero-order valence-electron chi connectivity index (χ0n) is 10.8. The number of ether oxygens (including phenoxy) is 1. The van der Waals surface area contributed by atoms with E-state index in [2.05, 4.69) is 31.2 Å². The molecule has 4 nitrogen and oxygen atoms in total. The summed E-state index contributed by atoms with van der Waals surface area (Å²) in [5.41, 5.74) is 3.79. The Kier molecular flexibility index (Phi) is 5.49. The minimum absolute atomic E-state index is 0.717. The minimum atomic E-state index is 0.717. The lowest BCUT2D eigenvalue weighted by Gasteiger charge is -2.05. The number of hydrogen-bond donors (Lipinski definition) is 1. The molecule has 16 heavy (non-hydrogen) atoms. The van der Waals surface area contributed by atoms with E-state index in [4.69, 9.17) is 4.74 Å². The molecule has 0 unspecified atom stereocenters. The Balaban J connectivity index is 2.65. The van der Waals surface area contributed by atoms with Gasteiger partial charge in [0.05, 0.1) is 18.8 Å². The van der Waals surface area contributed by atoms with E-state index in [1.807, 2.05) is 4.68 Å². The number of methoxy groups -OCH3 is 1. The fourth-order valence-corrected chi connectivity index (χ4v) is 1.88. The zero-order chi connectivity index (χ0) is 12.0. The maximum Gasteiger partial charge on any atom is 0.0658 e. The molecular formula is C12H23N3O. The van der Waals surface area contributed by atoms with Crippen molar-refractivity contribution in [1.29, 1.82) is 0 Å². The normalized spacial score (nSPS) is 11.0. The van der Waals surface area contributed by atoms with Crippen LogP contribution in [-0.2, 0) is 17.7 Å². The number of nitrogens with one attached hydrogen (secondary N) is 1. The predicted molar refractivity (Wildman–Crippen MR) is 65.8 cm³/mol. The Hall–Kier alpha value is -0.870. The molecule has 0 saturated carbocycles. The van der Waals surface area contributed by atoms with Crippen LogP contribution in [0.1, 0.15) is 23.9 Å². The first kappa shape index (κ1) is 13.2. The van der Waals surface area contributed by atoms with Crippen molar-refractivity contribution in [2.45, 2.75) is 33.7 Å². The van der Waals surface area contributed by atoms with Crippen LogP contribution in [0.15, 0.2) is 0 Å². The van der Waals surface area contributed by atoms with Crippen LogP contribution in [0.4, 0.5) is 0 Å². The molecule has 0 radical (unpaired) electrons. The summed E-state index contributed by atoms with van der Waals surface area (Å²) in [6.07, 6.45) is 1.05. The molecule has 0 aliphatic carbocycles. The number of aryl methyl sites for hydroxylation is 1. The van der Waals surface area contributed by atoms with Gasteiger partial charge in [-0.3, -0.25) is 4.68 Å². The Labute approximate surface area is 98.0 Å². The third-order valence-electron chi connectivity index (χ3n) is 2.84. The Morgan fingerprint density at radius 1 is 1.38 bits per heavy atom. The van der Waals surface area contributed by atoms with E-state index in [0.717, 1.165) is 31.7 Å². The highest BCUT2D eigenvalue weighted by molar-refractivity contribution is 5.24. The molecule has 0 spiro atoms. The smallest absolute Gasteiger partial charge is 0.0658 e. The first-order chi connectivity index (χ1) is 7.70. The SMILES string of the molecule is CCNCCc1c(C)nn(CCOC)c1C. The van der Waals surface area contributed by atoms with E-state index in [1.54, 1.807) is 7.11 Å². The molecule has 92 valence electrons. The summed E-state index contributed by atoms with van der Waals surface area (Å²) in [6, 6.07) is 0. The Morgan fingerprint density at radius 3 is 2.75 bits per heavy atom. The van der Waals surface area contributed by atoms with E-state index < -0.39 is 0 Å². The van der Waals surface area contributed by atoms with Crippen LogP contribution in [-0.4, -0.2) is 36.6 Å². The van der Waals surface area contributed by atoms with Gasteiger partial charge >= 0.3 is 0 Å². The van der Waals surface area contributed by atoms with Crippen LogP contribution < -0.4 is 5.32 Å². The summed E-state index contributed by atoms with van der Waals surface area (Å²) in [5.74, 6) is 0. The fourth-order valence-electron chi connectivity index (χ4n) is 1.88.